The molecule has 1 aromatic rings. The van der Waals surface area contributed by atoms with E-state index in [1.165, 1.54) is 7.11 Å². The lowest BCUT2D eigenvalue weighted by Crippen LogP contribution is -2.25. The van der Waals surface area contributed by atoms with Crippen LogP contribution in [0.5, 0.6) is 0 Å². The highest BCUT2D eigenvalue weighted by Gasteiger charge is 2.17. The SMILES string of the molecule is COCC(=O)Nc1n[nH]c2c1CNCC2. The fraction of sp³-hybridized carbons (Fsp3) is 0.556. The number of carbonyl (C=O) groups excluding carboxylic acids is 1. The summed E-state index contributed by atoms with van der Waals surface area (Å²) in [6, 6.07) is 0. The molecule has 1 aromatic heterocycles. The molecule has 0 saturated heterocycles. The molecule has 0 saturated carbocycles. The van der Waals surface area contributed by atoms with Crippen LogP contribution in [0.15, 0.2) is 0 Å². The molecular weight excluding hydrogens is 196 g/mol. The van der Waals surface area contributed by atoms with Gasteiger partial charge in [-0.15, -0.1) is 0 Å². The highest BCUT2D eigenvalue weighted by atomic mass is 16.5. The summed E-state index contributed by atoms with van der Waals surface area (Å²) in [5, 5.41) is 12.9. The Hall–Kier alpha value is -1.40. The van der Waals surface area contributed by atoms with Crippen molar-refractivity contribution >= 4 is 11.7 Å². The normalized spacial score (nSPS) is 14.7. The second kappa shape index (κ2) is 4.41. The number of ether oxygens (including phenoxy) is 1. The molecule has 1 aliphatic heterocycles. The Balaban J connectivity index is 2.08. The van der Waals surface area contributed by atoms with E-state index < -0.39 is 0 Å². The molecule has 2 rings (SSSR count). The molecule has 0 bridgehead atoms. The molecule has 0 aliphatic carbocycles. The van der Waals surface area contributed by atoms with E-state index in [1.54, 1.807) is 0 Å². The number of nitrogens with one attached hydrogen (secondary N) is 3. The third kappa shape index (κ3) is 2.16. The van der Waals surface area contributed by atoms with Crippen molar-refractivity contribution in [3.8, 4) is 0 Å². The lowest BCUT2D eigenvalue weighted by Gasteiger charge is -2.12. The number of carbonyl (C=O) groups is 1. The van der Waals surface area contributed by atoms with Gasteiger partial charge in [0.05, 0.1) is 0 Å². The number of aromatic nitrogens is 2. The fourth-order valence-corrected chi connectivity index (χ4v) is 1.63. The summed E-state index contributed by atoms with van der Waals surface area (Å²) in [4.78, 5) is 11.3. The maximum Gasteiger partial charge on any atom is 0.251 e. The molecule has 6 heteroatoms. The van der Waals surface area contributed by atoms with E-state index in [2.05, 4.69) is 20.8 Å². The fourth-order valence-electron chi connectivity index (χ4n) is 1.63. The number of rotatable bonds is 3. The van der Waals surface area contributed by atoms with Gasteiger partial charge in [0.1, 0.15) is 6.61 Å². The van der Waals surface area contributed by atoms with Gasteiger partial charge in [0.2, 0.25) is 0 Å². The summed E-state index contributed by atoms with van der Waals surface area (Å²) in [6.45, 7) is 1.74. The van der Waals surface area contributed by atoms with Gasteiger partial charge >= 0.3 is 0 Å². The molecule has 0 atom stereocenters. The third-order valence-corrected chi connectivity index (χ3v) is 2.34. The molecule has 0 aromatic carbocycles. The number of amides is 1. The third-order valence-electron chi connectivity index (χ3n) is 2.34. The van der Waals surface area contributed by atoms with Crippen LogP contribution in [0.4, 0.5) is 5.82 Å². The Morgan fingerprint density at radius 1 is 1.67 bits per heavy atom. The van der Waals surface area contributed by atoms with Crippen molar-refractivity contribution in [2.24, 2.45) is 0 Å². The van der Waals surface area contributed by atoms with Gasteiger partial charge < -0.3 is 15.4 Å². The number of H-pyrrole nitrogens is 1. The first-order valence-electron chi connectivity index (χ1n) is 4.87. The summed E-state index contributed by atoms with van der Waals surface area (Å²) in [6.07, 6.45) is 0.919. The average molecular weight is 210 g/mol. The van der Waals surface area contributed by atoms with Crippen molar-refractivity contribution in [1.82, 2.24) is 15.5 Å². The van der Waals surface area contributed by atoms with Crippen molar-refractivity contribution in [1.29, 1.82) is 0 Å². The van der Waals surface area contributed by atoms with Crippen LogP contribution in [0.25, 0.3) is 0 Å². The van der Waals surface area contributed by atoms with Crippen molar-refractivity contribution < 1.29 is 9.53 Å². The highest BCUT2D eigenvalue weighted by Crippen LogP contribution is 2.19. The molecule has 0 unspecified atom stereocenters. The predicted molar refractivity (Wildman–Crippen MR) is 54.5 cm³/mol. The first-order chi connectivity index (χ1) is 7.31. The van der Waals surface area contributed by atoms with Crippen molar-refractivity contribution in [2.75, 3.05) is 25.6 Å². The molecule has 1 aliphatic rings. The quantitative estimate of drug-likeness (QED) is 0.636. The molecule has 1 amide bonds. The maximum atomic E-state index is 11.3. The minimum absolute atomic E-state index is 0.0507. The largest absolute Gasteiger partial charge is 0.375 e. The minimum atomic E-state index is -0.183. The molecule has 15 heavy (non-hydrogen) atoms. The molecule has 82 valence electrons. The van der Waals surface area contributed by atoms with Crippen LogP contribution in [0.2, 0.25) is 0 Å². The van der Waals surface area contributed by atoms with Gasteiger partial charge in [-0.3, -0.25) is 9.89 Å². The van der Waals surface area contributed by atoms with E-state index in [4.69, 9.17) is 4.74 Å². The van der Waals surface area contributed by atoms with E-state index in [0.717, 1.165) is 30.8 Å². The maximum absolute atomic E-state index is 11.3. The summed E-state index contributed by atoms with van der Waals surface area (Å²) < 4.78 is 4.73. The molecule has 0 spiro atoms. The lowest BCUT2D eigenvalue weighted by atomic mass is 10.1. The number of nitrogens with zero attached hydrogens (tertiary/aromatic N) is 1. The second-order valence-corrected chi connectivity index (χ2v) is 3.44. The van der Waals surface area contributed by atoms with Crippen LogP contribution in [0.1, 0.15) is 11.3 Å². The Bertz CT molecular complexity index is 361. The van der Waals surface area contributed by atoms with Crippen LogP contribution < -0.4 is 10.6 Å². The van der Waals surface area contributed by atoms with Crippen molar-refractivity contribution in [3.63, 3.8) is 0 Å². The Morgan fingerprint density at radius 2 is 2.53 bits per heavy atom. The topological polar surface area (TPSA) is 79.0 Å². The molecular formula is C9H14N4O2. The summed E-state index contributed by atoms with van der Waals surface area (Å²) in [5.74, 6) is 0.427. The van der Waals surface area contributed by atoms with Crippen LogP contribution >= 0.6 is 0 Å². The number of aromatic amines is 1. The molecule has 0 fully saturated rings. The van der Waals surface area contributed by atoms with Crippen LogP contribution in [-0.4, -0.2) is 36.4 Å². The van der Waals surface area contributed by atoms with Gasteiger partial charge in [-0.05, 0) is 0 Å². The second-order valence-electron chi connectivity index (χ2n) is 3.44. The van der Waals surface area contributed by atoms with Crippen LogP contribution in [0.3, 0.4) is 0 Å². The van der Waals surface area contributed by atoms with Gasteiger partial charge in [-0.1, -0.05) is 0 Å². The van der Waals surface area contributed by atoms with Gasteiger partial charge in [-0.25, -0.2) is 0 Å². The van der Waals surface area contributed by atoms with Gasteiger partial charge in [0.15, 0.2) is 5.82 Å². The van der Waals surface area contributed by atoms with E-state index in [9.17, 15) is 4.79 Å². The van der Waals surface area contributed by atoms with E-state index in [-0.39, 0.29) is 12.5 Å². The standard InChI is InChI=1S/C9H14N4O2/c1-15-5-8(14)11-9-6-4-10-3-2-7(6)12-13-9/h10H,2-5H2,1H3,(H2,11,12,13,14). The van der Waals surface area contributed by atoms with Gasteiger partial charge in [0.25, 0.3) is 5.91 Å². The zero-order chi connectivity index (χ0) is 10.7. The van der Waals surface area contributed by atoms with Crippen molar-refractivity contribution in [2.45, 2.75) is 13.0 Å². The van der Waals surface area contributed by atoms with E-state index in [0.29, 0.717) is 5.82 Å². The average Bonchev–Trinajstić information content (AvgIpc) is 2.62. The summed E-state index contributed by atoms with van der Waals surface area (Å²) in [7, 11) is 1.49. The monoisotopic (exact) mass is 210 g/mol. The number of anilines is 1. The Morgan fingerprint density at radius 3 is 3.33 bits per heavy atom. The Kier molecular flexibility index (Phi) is 2.98. The smallest absolute Gasteiger partial charge is 0.251 e. The summed E-state index contributed by atoms with van der Waals surface area (Å²) >= 11 is 0. The van der Waals surface area contributed by atoms with Crippen LogP contribution in [0, 0.1) is 0 Å². The van der Waals surface area contributed by atoms with Gasteiger partial charge in [0, 0.05) is 37.9 Å². The van der Waals surface area contributed by atoms with E-state index >= 15 is 0 Å². The number of methoxy groups -OCH3 is 1. The summed E-state index contributed by atoms with van der Waals surface area (Å²) in [5.41, 5.74) is 2.15. The highest BCUT2D eigenvalue weighted by molar-refractivity contribution is 5.91. The number of hydrogen-bond acceptors (Lipinski definition) is 4. The zero-order valence-corrected chi connectivity index (χ0v) is 8.59. The van der Waals surface area contributed by atoms with E-state index in [1.807, 2.05) is 0 Å². The Labute approximate surface area is 87.4 Å². The first kappa shape index (κ1) is 10.1. The van der Waals surface area contributed by atoms with Gasteiger partial charge in [-0.2, -0.15) is 5.10 Å². The zero-order valence-electron chi connectivity index (χ0n) is 8.59. The molecule has 0 radical (unpaired) electrons. The molecule has 6 nitrogen and oxygen atoms in total. The molecule has 3 N–H and O–H groups in total. The van der Waals surface area contributed by atoms with Crippen molar-refractivity contribution in [3.05, 3.63) is 11.3 Å². The lowest BCUT2D eigenvalue weighted by molar-refractivity contribution is -0.119. The minimum Gasteiger partial charge on any atom is -0.375 e. The first-order valence-corrected chi connectivity index (χ1v) is 4.87. The predicted octanol–water partition coefficient (Wildman–Crippen LogP) is -0.360. The number of hydrogen-bond donors (Lipinski definition) is 3. The molecule has 2 heterocycles. The number of fused-ring (bicyclic) bond motifs is 1. The van der Waals surface area contributed by atoms with Crippen LogP contribution in [-0.2, 0) is 22.5 Å².